The van der Waals surface area contributed by atoms with Crippen molar-refractivity contribution in [3.05, 3.63) is 29.3 Å². The van der Waals surface area contributed by atoms with Crippen LogP contribution in [0, 0.1) is 5.92 Å². The molecule has 8 nitrogen and oxygen atoms in total. The topological polar surface area (TPSA) is 91.4 Å². The Labute approximate surface area is 202 Å². The van der Waals surface area contributed by atoms with Crippen molar-refractivity contribution in [3.63, 3.8) is 0 Å². The Bertz CT molecular complexity index is 927. The van der Waals surface area contributed by atoms with Crippen molar-refractivity contribution in [1.82, 2.24) is 4.90 Å². The van der Waals surface area contributed by atoms with Gasteiger partial charge >= 0.3 is 24.8 Å². The smallest absolute Gasteiger partial charge is 0.420 e. The van der Waals surface area contributed by atoms with Crippen LogP contribution in [0.2, 0.25) is 0 Å². The molecule has 0 N–H and O–H groups in total. The van der Waals surface area contributed by atoms with E-state index in [0.29, 0.717) is 4.90 Å². The van der Waals surface area contributed by atoms with Crippen molar-refractivity contribution in [2.45, 2.75) is 84.9 Å². The van der Waals surface area contributed by atoms with Gasteiger partial charge in [0.1, 0.15) is 17.0 Å². The maximum absolute atomic E-state index is 15.8. The molecule has 1 saturated carbocycles. The van der Waals surface area contributed by atoms with Crippen LogP contribution in [0.4, 0.5) is 22.8 Å². The minimum Gasteiger partial charge on any atom is -0.466 e. The quantitative estimate of drug-likeness (QED) is 0.348. The number of esters is 1. The molecule has 0 aliphatic heterocycles. The van der Waals surface area contributed by atoms with Crippen molar-refractivity contribution in [1.29, 1.82) is 0 Å². The van der Waals surface area contributed by atoms with Crippen molar-refractivity contribution in [2.75, 3.05) is 6.61 Å². The minimum atomic E-state index is -3.27. The first kappa shape index (κ1) is 28.3. The third-order valence-corrected chi connectivity index (χ3v) is 4.81. The van der Waals surface area contributed by atoms with Gasteiger partial charge in [0.25, 0.3) is 0 Å². The zero-order valence-corrected chi connectivity index (χ0v) is 20.9. The van der Waals surface area contributed by atoms with Crippen LogP contribution in [-0.2, 0) is 31.2 Å². The zero-order chi connectivity index (χ0) is 26.8. The Morgan fingerprint density at radius 1 is 1.06 bits per heavy atom. The van der Waals surface area contributed by atoms with Gasteiger partial charge in [0, 0.05) is 12.0 Å². The fraction of sp³-hybridized carbons (Fsp3) is 0.625. The third kappa shape index (κ3) is 7.50. The van der Waals surface area contributed by atoms with Gasteiger partial charge < -0.3 is 18.9 Å². The van der Waals surface area contributed by atoms with Gasteiger partial charge in [0.05, 0.1) is 19.1 Å². The Morgan fingerprint density at radius 2 is 1.60 bits per heavy atom. The number of imide groups is 1. The number of carbonyl (C=O) groups is 3. The van der Waals surface area contributed by atoms with E-state index in [1.54, 1.807) is 48.5 Å². The van der Waals surface area contributed by atoms with Crippen molar-refractivity contribution >= 4 is 18.2 Å². The Hall–Kier alpha value is -2.98. The molecule has 35 heavy (non-hydrogen) atoms. The first-order valence-electron chi connectivity index (χ1n) is 11.1. The van der Waals surface area contributed by atoms with Crippen molar-refractivity contribution in [3.8, 4) is 5.75 Å². The van der Waals surface area contributed by atoms with Crippen LogP contribution < -0.4 is 4.74 Å². The molecule has 1 aliphatic rings. The predicted octanol–water partition coefficient (Wildman–Crippen LogP) is 5.71. The van der Waals surface area contributed by atoms with Crippen LogP contribution in [0.5, 0.6) is 5.75 Å². The van der Waals surface area contributed by atoms with Gasteiger partial charge in [0.15, 0.2) is 5.67 Å². The van der Waals surface area contributed by atoms with Gasteiger partial charge in [-0.3, -0.25) is 4.79 Å². The lowest BCUT2D eigenvalue weighted by molar-refractivity contribution is -0.145. The second kappa shape index (κ2) is 10.3. The molecule has 1 aliphatic carbocycles. The Morgan fingerprint density at radius 3 is 2.06 bits per heavy atom. The monoisotopic (exact) mass is 503 g/mol. The van der Waals surface area contributed by atoms with E-state index in [0.717, 1.165) is 6.07 Å². The largest absolute Gasteiger partial charge is 0.466 e. The highest BCUT2D eigenvalue weighted by atomic mass is 19.3. The standard InChI is InChI=1S/C24H32F3NO7/c1-8-32-18(29)16-12-24(16,27)15-10-9-11-17(33-19(25)26)14(15)13-28(20(30)34-22(2,3)4)21(31)35-23(5,6)7/h9-11,16,19H,8,12-13H2,1-7H3. The molecule has 196 valence electrons. The second-order valence-electron chi connectivity index (χ2n) is 10.1. The van der Waals surface area contributed by atoms with E-state index in [9.17, 15) is 23.2 Å². The van der Waals surface area contributed by atoms with Gasteiger partial charge in [-0.25, -0.2) is 18.9 Å². The number of hydrogen-bond donors (Lipinski definition) is 0. The summed E-state index contributed by atoms with van der Waals surface area (Å²) in [5, 5.41) is 0. The van der Waals surface area contributed by atoms with Crippen molar-refractivity contribution < 1.29 is 46.5 Å². The van der Waals surface area contributed by atoms with Gasteiger partial charge in [0.2, 0.25) is 0 Å². The molecular formula is C24H32F3NO7. The number of amides is 2. The fourth-order valence-corrected chi connectivity index (χ4v) is 3.37. The minimum absolute atomic E-state index is 0.0396. The van der Waals surface area contributed by atoms with Crippen molar-refractivity contribution in [2.24, 2.45) is 5.92 Å². The van der Waals surface area contributed by atoms with Gasteiger partial charge in [-0.1, -0.05) is 12.1 Å². The molecule has 1 fully saturated rings. The summed E-state index contributed by atoms with van der Waals surface area (Å²) in [5.41, 5.74) is -4.67. The van der Waals surface area contributed by atoms with Crippen LogP contribution in [0.1, 0.15) is 66.0 Å². The Balaban J connectivity index is 2.55. The van der Waals surface area contributed by atoms with E-state index in [1.165, 1.54) is 12.1 Å². The second-order valence-corrected chi connectivity index (χ2v) is 10.1. The van der Waals surface area contributed by atoms with E-state index in [-0.39, 0.29) is 24.2 Å². The maximum atomic E-state index is 15.8. The van der Waals surface area contributed by atoms with E-state index in [1.807, 2.05) is 0 Å². The highest BCUT2D eigenvalue weighted by Gasteiger charge is 2.63. The average molecular weight is 504 g/mol. The molecule has 1 aromatic rings. The summed E-state index contributed by atoms with van der Waals surface area (Å²) in [5.74, 6) is -2.40. The number of ether oxygens (including phenoxy) is 4. The van der Waals surface area contributed by atoms with E-state index in [2.05, 4.69) is 4.74 Å². The first-order valence-corrected chi connectivity index (χ1v) is 11.1. The van der Waals surface area contributed by atoms with E-state index < -0.39 is 59.9 Å². The molecular weight excluding hydrogens is 471 g/mol. The van der Waals surface area contributed by atoms with E-state index in [4.69, 9.17) is 14.2 Å². The predicted molar refractivity (Wildman–Crippen MR) is 119 cm³/mol. The summed E-state index contributed by atoms with van der Waals surface area (Å²) < 4.78 is 62.2. The molecule has 2 atom stereocenters. The molecule has 0 saturated heterocycles. The third-order valence-electron chi connectivity index (χ3n) is 4.81. The summed E-state index contributed by atoms with van der Waals surface area (Å²) in [6.45, 7) is 7.07. The van der Waals surface area contributed by atoms with Crippen LogP contribution in [-0.4, -0.2) is 47.5 Å². The van der Waals surface area contributed by atoms with Crippen LogP contribution in [0.25, 0.3) is 0 Å². The average Bonchev–Trinajstić information content (AvgIpc) is 3.36. The SMILES string of the molecule is CCOC(=O)C1CC1(F)c1cccc(OC(F)F)c1CN(C(=O)OC(C)(C)C)C(=O)OC(C)(C)C. The molecule has 2 rings (SSSR count). The molecule has 0 aromatic heterocycles. The number of nitrogens with zero attached hydrogens (tertiary/aromatic N) is 1. The number of halogens is 3. The van der Waals surface area contributed by atoms with Gasteiger partial charge in [-0.15, -0.1) is 0 Å². The molecule has 2 unspecified atom stereocenters. The molecule has 2 amide bonds. The summed E-state index contributed by atoms with van der Waals surface area (Å²) in [6.07, 6.45) is -2.51. The van der Waals surface area contributed by atoms with Gasteiger partial charge in [-0.2, -0.15) is 8.78 Å². The van der Waals surface area contributed by atoms with Crippen LogP contribution in [0.3, 0.4) is 0 Å². The highest BCUT2D eigenvalue weighted by molar-refractivity contribution is 5.88. The normalized spacial score (nSPS) is 19.7. The number of rotatable bonds is 7. The van der Waals surface area contributed by atoms with Crippen LogP contribution >= 0.6 is 0 Å². The molecule has 1 aromatic carbocycles. The fourth-order valence-electron chi connectivity index (χ4n) is 3.37. The van der Waals surface area contributed by atoms with Gasteiger partial charge in [-0.05, 0) is 60.1 Å². The summed E-state index contributed by atoms with van der Waals surface area (Å²) in [4.78, 5) is 38.5. The zero-order valence-electron chi connectivity index (χ0n) is 20.9. The summed E-state index contributed by atoms with van der Waals surface area (Å²) in [7, 11) is 0. The lowest BCUT2D eigenvalue weighted by atomic mass is 9.98. The first-order chi connectivity index (χ1) is 16.0. The Kier molecular flexibility index (Phi) is 8.34. The molecule has 11 heteroatoms. The summed E-state index contributed by atoms with van der Waals surface area (Å²) in [6, 6.07) is 3.72. The molecule has 0 spiro atoms. The maximum Gasteiger partial charge on any atom is 0.420 e. The number of carbonyl (C=O) groups excluding carboxylic acids is 3. The number of hydrogen-bond acceptors (Lipinski definition) is 7. The molecule has 0 heterocycles. The molecule has 0 bridgehead atoms. The summed E-state index contributed by atoms with van der Waals surface area (Å²) >= 11 is 0. The number of alkyl halides is 3. The highest BCUT2D eigenvalue weighted by Crippen LogP contribution is 2.58. The lowest BCUT2D eigenvalue weighted by Gasteiger charge is -2.29. The number of benzene rings is 1. The lowest BCUT2D eigenvalue weighted by Crippen LogP contribution is -2.43. The van der Waals surface area contributed by atoms with E-state index >= 15 is 4.39 Å². The van der Waals surface area contributed by atoms with Crippen LogP contribution in [0.15, 0.2) is 18.2 Å². The molecule has 0 radical (unpaired) electrons.